The van der Waals surface area contributed by atoms with Gasteiger partial charge in [0.05, 0.1) is 18.0 Å². The molecule has 0 atom stereocenters. The molecule has 0 fully saturated rings. The van der Waals surface area contributed by atoms with Crippen molar-refractivity contribution in [2.45, 2.75) is 6.42 Å². The highest BCUT2D eigenvalue weighted by molar-refractivity contribution is 6.31. The zero-order chi connectivity index (χ0) is 17.1. The molecule has 0 unspecified atom stereocenters. The lowest BCUT2D eigenvalue weighted by molar-refractivity contribution is 0.414. The predicted molar refractivity (Wildman–Crippen MR) is 97.2 cm³/mol. The molecular formula is C18H18ClN3O2. The van der Waals surface area contributed by atoms with E-state index in [0.717, 1.165) is 12.2 Å². The molecule has 3 rings (SSSR count). The molecule has 1 heterocycles. The second-order valence-corrected chi connectivity index (χ2v) is 5.92. The maximum absolute atomic E-state index is 12.4. The number of anilines is 1. The molecule has 24 heavy (non-hydrogen) atoms. The van der Waals surface area contributed by atoms with Gasteiger partial charge in [-0.3, -0.25) is 9.36 Å². The lowest BCUT2D eigenvalue weighted by atomic mass is 10.1. The van der Waals surface area contributed by atoms with Crippen LogP contribution in [0.2, 0.25) is 5.02 Å². The SMILES string of the molecule is COc1ccc(CCNc2nc3ccc(Cl)cc3c(=O)n2C)cc1. The van der Waals surface area contributed by atoms with Crippen molar-refractivity contribution in [2.24, 2.45) is 7.05 Å². The molecule has 0 aliphatic rings. The normalized spacial score (nSPS) is 10.8. The van der Waals surface area contributed by atoms with Crippen molar-refractivity contribution in [1.82, 2.24) is 9.55 Å². The first kappa shape index (κ1) is 16.3. The molecule has 2 aromatic carbocycles. The first-order valence-corrected chi connectivity index (χ1v) is 7.99. The van der Waals surface area contributed by atoms with Gasteiger partial charge in [-0.1, -0.05) is 23.7 Å². The van der Waals surface area contributed by atoms with Crippen LogP contribution in [0.15, 0.2) is 47.3 Å². The summed E-state index contributed by atoms with van der Waals surface area (Å²) in [5, 5.41) is 4.27. The molecular weight excluding hydrogens is 326 g/mol. The number of halogens is 1. The van der Waals surface area contributed by atoms with Crippen LogP contribution in [-0.4, -0.2) is 23.2 Å². The van der Waals surface area contributed by atoms with Crippen LogP contribution in [0, 0.1) is 0 Å². The number of nitrogens with one attached hydrogen (secondary N) is 1. The first-order valence-electron chi connectivity index (χ1n) is 7.61. The van der Waals surface area contributed by atoms with Crippen LogP contribution >= 0.6 is 11.6 Å². The van der Waals surface area contributed by atoms with Crippen LogP contribution in [0.3, 0.4) is 0 Å². The Labute approximate surface area is 144 Å². The Morgan fingerprint density at radius 1 is 1.21 bits per heavy atom. The number of aromatic nitrogens is 2. The van der Waals surface area contributed by atoms with Gasteiger partial charge >= 0.3 is 0 Å². The fraction of sp³-hybridized carbons (Fsp3) is 0.222. The average molecular weight is 344 g/mol. The molecule has 0 aliphatic carbocycles. The van der Waals surface area contributed by atoms with Crippen molar-refractivity contribution in [1.29, 1.82) is 0 Å². The van der Waals surface area contributed by atoms with E-state index >= 15 is 0 Å². The van der Waals surface area contributed by atoms with E-state index < -0.39 is 0 Å². The Kier molecular flexibility index (Phi) is 4.71. The van der Waals surface area contributed by atoms with E-state index in [1.165, 1.54) is 10.1 Å². The fourth-order valence-electron chi connectivity index (χ4n) is 2.51. The summed E-state index contributed by atoms with van der Waals surface area (Å²) in [7, 11) is 3.35. The number of rotatable bonds is 5. The highest BCUT2D eigenvalue weighted by Crippen LogP contribution is 2.16. The molecule has 0 amide bonds. The van der Waals surface area contributed by atoms with Crippen LogP contribution in [0.25, 0.3) is 10.9 Å². The number of fused-ring (bicyclic) bond motifs is 1. The van der Waals surface area contributed by atoms with E-state index in [4.69, 9.17) is 16.3 Å². The second kappa shape index (κ2) is 6.93. The van der Waals surface area contributed by atoms with E-state index in [1.807, 2.05) is 24.3 Å². The summed E-state index contributed by atoms with van der Waals surface area (Å²) in [6.45, 7) is 0.672. The third kappa shape index (κ3) is 3.36. The summed E-state index contributed by atoms with van der Waals surface area (Å²) in [4.78, 5) is 16.9. The predicted octanol–water partition coefficient (Wildman–Crippen LogP) is 3.25. The smallest absolute Gasteiger partial charge is 0.262 e. The summed E-state index contributed by atoms with van der Waals surface area (Å²) in [6, 6.07) is 13.1. The number of benzene rings is 2. The minimum absolute atomic E-state index is 0.116. The van der Waals surface area contributed by atoms with Crippen molar-refractivity contribution in [3.63, 3.8) is 0 Å². The Balaban J connectivity index is 1.76. The molecule has 5 nitrogen and oxygen atoms in total. The maximum Gasteiger partial charge on any atom is 0.262 e. The van der Waals surface area contributed by atoms with Crippen molar-refractivity contribution in [3.05, 3.63) is 63.4 Å². The van der Waals surface area contributed by atoms with Crippen molar-refractivity contribution >= 4 is 28.5 Å². The van der Waals surface area contributed by atoms with Gasteiger partial charge in [0.25, 0.3) is 5.56 Å². The van der Waals surface area contributed by atoms with Crippen LogP contribution in [-0.2, 0) is 13.5 Å². The number of nitrogens with zero attached hydrogens (tertiary/aromatic N) is 2. The molecule has 1 N–H and O–H groups in total. The minimum Gasteiger partial charge on any atom is -0.497 e. The summed E-state index contributed by atoms with van der Waals surface area (Å²) >= 11 is 5.96. The van der Waals surface area contributed by atoms with Gasteiger partial charge in [-0.15, -0.1) is 0 Å². The largest absolute Gasteiger partial charge is 0.497 e. The number of hydrogen-bond acceptors (Lipinski definition) is 4. The first-order chi connectivity index (χ1) is 11.6. The third-order valence-corrected chi connectivity index (χ3v) is 4.13. The summed E-state index contributed by atoms with van der Waals surface area (Å²) in [6.07, 6.45) is 0.818. The third-order valence-electron chi connectivity index (χ3n) is 3.89. The second-order valence-electron chi connectivity index (χ2n) is 5.49. The molecule has 0 bridgehead atoms. The van der Waals surface area contributed by atoms with Crippen molar-refractivity contribution < 1.29 is 4.74 Å². The highest BCUT2D eigenvalue weighted by Gasteiger charge is 2.08. The van der Waals surface area contributed by atoms with Crippen molar-refractivity contribution in [2.75, 3.05) is 19.0 Å². The lowest BCUT2D eigenvalue weighted by Gasteiger charge is -2.11. The average Bonchev–Trinajstić information content (AvgIpc) is 2.60. The molecule has 124 valence electrons. The Morgan fingerprint density at radius 2 is 1.96 bits per heavy atom. The molecule has 1 aromatic heterocycles. The van der Waals surface area contributed by atoms with Gasteiger partial charge in [-0.2, -0.15) is 0 Å². The van der Waals surface area contributed by atoms with Gasteiger partial charge in [0.1, 0.15) is 5.75 Å². The lowest BCUT2D eigenvalue weighted by Crippen LogP contribution is -2.23. The zero-order valence-electron chi connectivity index (χ0n) is 13.5. The molecule has 0 aliphatic heterocycles. The van der Waals surface area contributed by atoms with Gasteiger partial charge < -0.3 is 10.1 Å². The van der Waals surface area contributed by atoms with Crippen LogP contribution in [0.1, 0.15) is 5.56 Å². The molecule has 0 spiro atoms. The van der Waals surface area contributed by atoms with Crippen LogP contribution in [0.4, 0.5) is 5.95 Å². The molecule has 0 saturated carbocycles. The Hall–Kier alpha value is -2.53. The van der Waals surface area contributed by atoms with Gasteiger partial charge in [0, 0.05) is 18.6 Å². The van der Waals surface area contributed by atoms with E-state index in [2.05, 4.69) is 10.3 Å². The molecule has 0 saturated heterocycles. The van der Waals surface area contributed by atoms with Gasteiger partial charge in [-0.05, 0) is 42.3 Å². The quantitative estimate of drug-likeness (QED) is 0.772. The standard InChI is InChI=1S/C18H18ClN3O2/c1-22-17(23)15-11-13(19)5-8-16(15)21-18(22)20-10-9-12-3-6-14(24-2)7-4-12/h3-8,11H,9-10H2,1-2H3,(H,20,21). The molecule has 6 heteroatoms. The molecule has 3 aromatic rings. The summed E-state index contributed by atoms with van der Waals surface area (Å²) in [5.41, 5.74) is 1.70. The Morgan fingerprint density at radius 3 is 2.67 bits per heavy atom. The fourth-order valence-corrected chi connectivity index (χ4v) is 2.68. The van der Waals surface area contributed by atoms with E-state index in [-0.39, 0.29) is 5.56 Å². The van der Waals surface area contributed by atoms with E-state index in [0.29, 0.717) is 28.4 Å². The maximum atomic E-state index is 12.4. The van der Waals surface area contributed by atoms with E-state index in [1.54, 1.807) is 32.4 Å². The number of hydrogen-bond donors (Lipinski definition) is 1. The molecule has 0 radical (unpaired) electrons. The van der Waals surface area contributed by atoms with Crippen LogP contribution < -0.4 is 15.6 Å². The summed E-state index contributed by atoms with van der Waals surface area (Å²) in [5.74, 6) is 1.38. The zero-order valence-corrected chi connectivity index (χ0v) is 14.3. The van der Waals surface area contributed by atoms with Crippen molar-refractivity contribution in [3.8, 4) is 5.75 Å². The van der Waals surface area contributed by atoms with Gasteiger partial charge in [0.2, 0.25) is 5.95 Å². The monoisotopic (exact) mass is 343 g/mol. The Bertz CT molecular complexity index is 920. The topological polar surface area (TPSA) is 56.1 Å². The van der Waals surface area contributed by atoms with Gasteiger partial charge in [0.15, 0.2) is 0 Å². The van der Waals surface area contributed by atoms with Crippen LogP contribution in [0.5, 0.6) is 5.75 Å². The number of methoxy groups -OCH3 is 1. The van der Waals surface area contributed by atoms with E-state index in [9.17, 15) is 4.79 Å². The number of ether oxygens (including phenoxy) is 1. The highest BCUT2D eigenvalue weighted by atomic mass is 35.5. The summed E-state index contributed by atoms with van der Waals surface area (Å²) < 4.78 is 6.65. The minimum atomic E-state index is -0.116. The van der Waals surface area contributed by atoms with Gasteiger partial charge in [-0.25, -0.2) is 4.98 Å².